The molecular weight excluding hydrogens is 396 g/mol. The summed E-state index contributed by atoms with van der Waals surface area (Å²) in [5, 5.41) is 0. The molecule has 0 aliphatic rings. The molecule has 0 amide bonds. The smallest absolute Gasteiger partial charge is 0.799 e. The van der Waals surface area contributed by atoms with Crippen LogP contribution in [0.3, 0.4) is 0 Å². The molecule has 6 nitrogen and oxygen atoms in total. The van der Waals surface area contributed by atoms with Gasteiger partial charge in [-0.05, 0) is 43.4 Å². The van der Waals surface area contributed by atoms with Gasteiger partial charge in [-0.25, -0.2) is 0 Å². The largest absolute Gasteiger partial charge is 3.00 e. The Bertz CT molecular complexity index is 423. The zero-order chi connectivity index (χ0) is 19.9. The minimum absolute atomic E-state index is 0. The van der Waals surface area contributed by atoms with E-state index in [0.717, 1.165) is 19.3 Å². The summed E-state index contributed by atoms with van der Waals surface area (Å²) in [5.74, 6) is 0. The van der Waals surface area contributed by atoms with Crippen LogP contribution in [0.15, 0.2) is 0 Å². The van der Waals surface area contributed by atoms with Gasteiger partial charge in [0, 0.05) is 22.1 Å². The standard InChI is InChI=1S/C6H15O2P.C5H13O2P.C4H11O2P.Al/c1-3-5-6-9(7,8)4-2;1-3-5-8(6,7)4-2;1-3-7(5,6)4-2;/h3-6H2,1-2H3,(H,7,8);3-5H2,1-2H3,(H,6,7);3-4H2,1-2H3,(H,5,6);/q;;;+3/p-3. The third-order valence-electron chi connectivity index (χ3n) is 3.34. The summed E-state index contributed by atoms with van der Waals surface area (Å²) in [5.41, 5.74) is 0. The van der Waals surface area contributed by atoms with Crippen molar-refractivity contribution in [3.8, 4) is 0 Å². The van der Waals surface area contributed by atoms with E-state index in [9.17, 15) is 28.4 Å². The van der Waals surface area contributed by atoms with Crippen LogP contribution in [0, 0.1) is 0 Å². The van der Waals surface area contributed by atoms with Crippen molar-refractivity contribution in [2.45, 2.75) is 60.8 Å². The number of unbranched alkanes of at least 4 members (excludes halogenated alkanes) is 1. The molecule has 2 unspecified atom stereocenters. The fourth-order valence-corrected chi connectivity index (χ4v) is 3.84. The van der Waals surface area contributed by atoms with Crippen LogP contribution in [-0.2, 0) is 13.7 Å². The second-order valence-corrected chi connectivity index (χ2v) is 13.8. The van der Waals surface area contributed by atoms with E-state index in [4.69, 9.17) is 0 Å². The average molecular weight is 432 g/mol. The molecule has 0 fully saturated rings. The molecule has 0 N–H and O–H groups in total. The van der Waals surface area contributed by atoms with E-state index in [1.54, 1.807) is 27.7 Å². The zero-order valence-electron chi connectivity index (χ0n) is 16.7. The molecule has 10 heteroatoms. The topological polar surface area (TPSA) is 120 Å². The predicted octanol–water partition coefficient (Wildman–Crippen LogP) is 2.78. The van der Waals surface area contributed by atoms with Crippen molar-refractivity contribution in [3.05, 3.63) is 0 Å². The van der Waals surface area contributed by atoms with E-state index in [0.29, 0.717) is 37.0 Å². The Labute approximate surface area is 165 Å². The van der Waals surface area contributed by atoms with E-state index in [-0.39, 0.29) is 17.4 Å². The summed E-state index contributed by atoms with van der Waals surface area (Å²) in [6.45, 7) is 10.6. The van der Waals surface area contributed by atoms with E-state index in [2.05, 4.69) is 0 Å². The molecule has 0 spiro atoms. The molecule has 0 heterocycles. The summed E-state index contributed by atoms with van der Waals surface area (Å²) in [6.07, 6.45) is 4.49. The summed E-state index contributed by atoms with van der Waals surface area (Å²) in [6, 6.07) is 0. The normalized spacial score (nSPS) is 15.2. The van der Waals surface area contributed by atoms with E-state index >= 15 is 0 Å². The van der Waals surface area contributed by atoms with Crippen LogP contribution in [0.2, 0.25) is 0 Å². The third-order valence-corrected chi connectivity index (χ3v) is 9.32. The van der Waals surface area contributed by atoms with Crippen molar-refractivity contribution in [3.63, 3.8) is 0 Å². The van der Waals surface area contributed by atoms with Gasteiger partial charge in [0.05, 0.1) is 0 Å². The zero-order valence-corrected chi connectivity index (χ0v) is 20.6. The monoisotopic (exact) mass is 432 g/mol. The fraction of sp³-hybridized carbons (Fsp3) is 1.00. The maximum atomic E-state index is 10.8. The first kappa shape index (κ1) is 33.7. The molecule has 0 rings (SSSR count). The maximum absolute atomic E-state index is 10.8. The van der Waals surface area contributed by atoms with Crippen molar-refractivity contribution < 1.29 is 28.4 Å². The van der Waals surface area contributed by atoms with Crippen LogP contribution in [0.1, 0.15) is 60.8 Å². The van der Waals surface area contributed by atoms with Gasteiger partial charge >= 0.3 is 17.4 Å². The fourth-order valence-electron chi connectivity index (χ4n) is 1.28. The van der Waals surface area contributed by atoms with Crippen LogP contribution in [0.4, 0.5) is 0 Å². The molecule has 150 valence electrons. The van der Waals surface area contributed by atoms with Gasteiger partial charge in [0.15, 0.2) is 0 Å². The molecule has 0 radical (unpaired) electrons. The molecule has 0 saturated heterocycles. The van der Waals surface area contributed by atoms with Gasteiger partial charge in [0.2, 0.25) is 0 Å². The van der Waals surface area contributed by atoms with E-state index < -0.39 is 22.1 Å². The first-order valence-corrected chi connectivity index (χ1v) is 14.7. The van der Waals surface area contributed by atoms with Gasteiger partial charge < -0.3 is 28.4 Å². The minimum atomic E-state index is -2.94. The van der Waals surface area contributed by atoms with E-state index in [1.807, 2.05) is 13.8 Å². The minimum Gasteiger partial charge on any atom is -0.799 e. The molecule has 0 aromatic carbocycles. The molecule has 0 bridgehead atoms. The second kappa shape index (κ2) is 18.5. The molecule has 0 aromatic rings. The van der Waals surface area contributed by atoms with Crippen LogP contribution in [0.25, 0.3) is 0 Å². The molecule has 0 saturated carbocycles. The Balaban J connectivity index is -0.000000131. The first-order valence-electron chi connectivity index (χ1n) is 8.74. The molecule has 0 aromatic heterocycles. The molecule has 25 heavy (non-hydrogen) atoms. The Hall–Kier alpha value is 1.10. The third kappa shape index (κ3) is 27.4. The molecule has 0 aliphatic heterocycles. The van der Waals surface area contributed by atoms with Crippen LogP contribution in [0.5, 0.6) is 0 Å². The van der Waals surface area contributed by atoms with Gasteiger partial charge in [-0.3, -0.25) is 0 Å². The van der Waals surface area contributed by atoms with Crippen molar-refractivity contribution in [2.75, 3.05) is 37.0 Å². The van der Waals surface area contributed by atoms with Crippen molar-refractivity contribution in [2.24, 2.45) is 0 Å². The quantitative estimate of drug-likeness (QED) is 0.408. The second-order valence-electron chi connectivity index (χ2n) is 5.51. The summed E-state index contributed by atoms with van der Waals surface area (Å²) in [4.78, 5) is 31.8. The first-order chi connectivity index (χ1) is 10.9. The van der Waals surface area contributed by atoms with Crippen molar-refractivity contribution in [1.29, 1.82) is 0 Å². The number of hydrogen-bond donors (Lipinski definition) is 0. The average Bonchev–Trinajstić information content (AvgIpc) is 2.54. The van der Waals surface area contributed by atoms with Gasteiger partial charge in [-0.2, -0.15) is 0 Å². The van der Waals surface area contributed by atoms with Crippen LogP contribution in [-0.4, -0.2) is 54.3 Å². The summed E-state index contributed by atoms with van der Waals surface area (Å²) < 4.78 is 31.8. The Morgan fingerprint density at radius 1 is 0.560 bits per heavy atom. The van der Waals surface area contributed by atoms with Gasteiger partial charge in [-0.1, -0.05) is 54.4 Å². The number of rotatable bonds is 9. The van der Waals surface area contributed by atoms with Crippen LogP contribution < -0.4 is 14.7 Å². The van der Waals surface area contributed by atoms with Gasteiger partial charge in [0.1, 0.15) is 0 Å². The van der Waals surface area contributed by atoms with E-state index in [1.165, 1.54) is 0 Å². The molecular formula is C15H36AlO6P3. The van der Waals surface area contributed by atoms with Crippen molar-refractivity contribution >= 4 is 39.5 Å². The molecule has 0 aliphatic carbocycles. The number of hydrogen-bond acceptors (Lipinski definition) is 6. The summed E-state index contributed by atoms with van der Waals surface area (Å²) >= 11 is 0. The summed E-state index contributed by atoms with van der Waals surface area (Å²) in [7, 11) is -8.77. The van der Waals surface area contributed by atoms with Crippen LogP contribution >= 0.6 is 22.1 Å². The Morgan fingerprint density at radius 2 is 0.880 bits per heavy atom. The van der Waals surface area contributed by atoms with Crippen molar-refractivity contribution in [1.82, 2.24) is 0 Å². The van der Waals surface area contributed by atoms with Gasteiger partial charge in [-0.15, -0.1) is 0 Å². The predicted molar refractivity (Wildman–Crippen MR) is 106 cm³/mol. The Kier molecular flexibility index (Phi) is 24.9. The Morgan fingerprint density at radius 3 is 1.04 bits per heavy atom. The molecule has 2 atom stereocenters. The maximum Gasteiger partial charge on any atom is 3.00 e. The van der Waals surface area contributed by atoms with Gasteiger partial charge in [0.25, 0.3) is 0 Å². The SMILES string of the molecule is CCCCP(=O)([O-])CC.CCCP(=O)([O-])CC.CCP(=O)([O-])CC.[Al+3].